The van der Waals surface area contributed by atoms with Crippen LogP contribution in [0.3, 0.4) is 0 Å². The van der Waals surface area contributed by atoms with Gasteiger partial charge in [-0.05, 0) is 12.8 Å². The molecule has 4 N–H and O–H groups in total. The summed E-state index contributed by atoms with van der Waals surface area (Å²) in [6, 6.07) is 0. The molecule has 0 aliphatic carbocycles. The minimum absolute atomic E-state index is 0.175. The number of hydrogen-bond acceptors (Lipinski definition) is 4. The maximum Gasteiger partial charge on any atom is 0.340 e. The molecule has 0 heterocycles. The molecule has 0 radical (unpaired) electrons. The Hall–Kier alpha value is -0.950. The lowest BCUT2D eigenvalue weighted by Gasteiger charge is -2.20. The van der Waals surface area contributed by atoms with Crippen LogP contribution in [0.4, 0.5) is 0 Å². The molecule has 0 saturated carbocycles. The zero-order chi connectivity index (χ0) is 13.6. The summed E-state index contributed by atoms with van der Waals surface area (Å²) in [5.41, 5.74) is -2.23. The fourth-order valence-corrected chi connectivity index (χ4v) is 2.45. The van der Waals surface area contributed by atoms with Crippen molar-refractivity contribution in [2.24, 2.45) is 5.92 Å². The van der Waals surface area contributed by atoms with Gasteiger partial charge in [0.25, 0.3) is 0 Å². The van der Waals surface area contributed by atoms with E-state index < -0.39 is 31.1 Å². The molecule has 0 aromatic heterocycles. The van der Waals surface area contributed by atoms with Gasteiger partial charge in [0.2, 0.25) is 0 Å². The molecule has 8 nitrogen and oxygen atoms in total. The van der Waals surface area contributed by atoms with Crippen LogP contribution in [-0.4, -0.2) is 51.3 Å². The molecule has 9 heteroatoms. The minimum atomic E-state index is -5.01. The number of aliphatic carboxylic acids is 2. The van der Waals surface area contributed by atoms with Gasteiger partial charge in [-0.2, -0.15) is 0 Å². The number of rotatable bonds is 8. The van der Waals surface area contributed by atoms with Crippen molar-refractivity contribution in [1.29, 1.82) is 0 Å². The van der Waals surface area contributed by atoms with Gasteiger partial charge in [0.1, 0.15) is 0 Å². The van der Waals surface area contributed by atoms with Gasteiger partial charge in [-0.15, -0.1) is 0 Å². The number of carboxylic acids is 2. The van der Waals surface area contributed by atoms with E-state index in [-0.39, 0.29) is 19.4 Å². The Kier molecular flexibility index (Phi) is 6.33. The van der Waals surface area contributed by atoms with Crippen LogP contribution in [0.1, 0.15) is 12.8 Å². The van der Waals surface area contributed by atoms with E-state index in [4.69, 9.17) is 20.0 Å². The molecule has 0 aliphatic rings. The summed E-state index contributed by atoms with van der Waals surface area (Å²) >= 11 is 0. The predicted molar refractivity (Wildman–Crippen MR) is 55.7 cm³/mol. The van der Waals surface area contributed by atoms with Crippen molar-refractivity contribution in [3.63, 3.8) is 0 Å². The van der Waals surface area contributed by atoms with E-state index in [1.165, 1.54) is 7.11 Å². The molecule has 0 fully saturated rings. The van der Waals surface area contributed by atoms with Crippen molar-refractivity contribution in [2.45, 2.75) is 18.5 Å². The SMILES string of the molecule is COCCCC(C(=O)O)C(C(=O)O)P(=O)(O)O. The quantitative estimate of drug-likeness (QED) is 0.349. The van der Waals surface area contributed by atoms with Crippen molar-refractivity contribution < 1.29 is 38.9 Å². The first-order valence-corrected chi connectivity index (χ1v) is 6.39. The van der Waals surface area contributed by atoms with E-state index in [2.05, 4.69) is 4.74 Å². The Bertz CT molecular complexity index is 321. The van der Waals surface area contributed by atoms with Crippen LogP contribution in [0.15, 0.2) is 0 Å². The first kappa shape index (κ1) is 16.1. The molecule has 100 valence electrons. The molecule has 0 spiro atoms. The Morgan fingerprint density at radius 2 is 1.76 bits per heavy atom. The summed E-state index contributed by atoms with van der Waals surface area (Å²) in [7, 11) is -3.63. The van der Waals surface area contributed by atoms with Gasteiger partial charge in [0.05, 0.1) is 5.92 Å². The minimum Gasteiger partial charge on any atom is -0.481 e. The van der Waals surface area contributed by atoms with E-state index >= 15 is 0 Å². The summed E-state index contributed by atoms with van der Waals surface area (Å²) in [4.78, 5) is 39.3. The summed E-state index contributed by atoms with van der Waals surface area (Å²) in [6.45, 7) is 0.192. The smallest absolute Gasteiger partial charge is 0.340 e. The lowest BCUT2D eigenvalue weighted by molar-refractivity contribution is -0.148. The number of ether oxygens (including phenoxy) is 1. The lowest BCUT2D eigenvalue weighted by atomic mass is 9.99. The monoisotopic (exact) mass is 270 g/mol. The number of hydrogen-bond donors (Lipinski definition) is 4. The van der Waals surface area contributed by atoms with Crippen molar-refractivity contribution in [3.8, 4) is 0 Å². The number of carboxylic acid groups (broad SMARTS) is 2. The second-order valence-electron chi connectivity index (χ2n) is 3.45. The fourth-order valence-electron chi connectivity index (χ4n) is 1.41. The predicted octanol–water partition coefficient (Wildman–Crippen LogP) is -0.255. The first-order chi connectivity index (χ1) is 7.71. The standard InChI is InChI=1S/C8H15O8P/c1-16-4-2-3-5(7(9)10)6(8(11)12)17(13,14)15/h5-6H,2-4H2,1H3,(H,9,10)(H,11,12)(H2,13,14,15). The van der Waals surface area contributed by atoms with Gasteiger partial charge in [0.15, 0.2) is 5.66 Å². The molecule has 0 amide bonds. The van der Waals surface area contributed by atoms with Gasteiger partial charge in [-0.25, -0.2) is 0 Å². The van der Waals surface area contributed by atoms with E-state index in [1.54, 1.807) is 0 Å². The molecule has 17 heavy (non-hydrogen) atoms. The molecule has 0 rings (SSSR count). The second-order valence-corrected chi connectivity index (χ2v) is 5.19. The Morgan fingerprint density at radius 3 is 2.06 bits per heavy atom. The van der Waals surface area contributed by atoms with Crippen LogP contribution in [0.5, 0.6) is 0 Å². The molecule has 0 aromatic rings. The van der Waals surface area contributed by atoms with Gasteiger partial charge < -0.3 is 24.7 Å². The normalized spacial score (nSPS) is 15.2. The Balaban J connectivity index is 4.92. The van der Waals surface area contributed by atoms with Crippen molar-refractivity contribution >= 4 is 19.5 Å². The van der Waals surface area contributed by atoms with Gasteiger partial charge in [-0.1, -0.05) is 0 Å². The molecule has 0 aromatic carbocycles. The topological polar surface area (TPSA) is 141 Å². The fraction of sp³-hybridized carbons (Fsp3) is 0.750. The summed E-state index contributed by atoms with van der Waals surface area (Å²) < 4.78 is 15.6. The van der Waals surface area contributed by atoms with Crippen LogP contribution in [0.25, 0.3) is 0 Å². The highest BCUT2D eigenvalue weighted by molar-refractivity contribution is 7.53. The Labute approximate surface area is 97.4 Å². The first-order valence-electron chi connectivity index (χ1n) is 4.71. The number of methoxy groups -OCH3 is 1. The van der Waals surface area contributed by atoms with Crippen LogP contribution in [-0.2, 0) is 18.9 Å². The maximum atomic E-state index is 11.0. The molecular formula is C8H15O8P. The molecule has 2 unspecified atom stereocenters. The maximum absolute atomic E-state index is 11.0. The number of carbonyl (C=O) groups is 2. The van der Waals surface area contributed by atoms with Gasteiger partial charge in [-0.3, -0.25) is 14.2 Å². The van der Waals surface area contributed by atoms with E-state index in [9.17, 15) is 14.2 Å². The van der Waals surface area contributed by atoms with Crippen molar-refractivity contribution in [2.75, 3.05) is 13.7 Å². The zero-order valence-corrected chi connectivity index (χ0v) is 10.0. The summed E-state index contributed by atoms with van der Waals surface area (Å²) in [6.07, 6.45) is 0.0303. The molecule has 0 saturated heterocycles. The lowest BCUT2D eigenvalue weighted by Crippen LogP contribution is -2.35. The van der Waals surface area contributed by atoms with Crippen LogP contribution in [0.2, 0.25) is 0 Å². The van der Waals surface area contributed by atoms with E-state index in [0.717, 1.165) is 0 Å². The van der Waals surface area contributed by atoms with Gasteiger partial charge in [0, 0.05) is 13.7 Å². The second kappa shape index (κ2) is 6.70. The average molecular weight is 270 g/mol. The van der Waals surface area contributed by atoms with Gasteiger partial charge >= 0.3 is 19.5 Å². The molecular weight excluding hydrogens is 255 g/mol. The van der Waals surface area contributed by atoms with Crippen molar-refractivity contribution in [1.82, 2.24) is 0 Å². The largest absolute Gasteiger partial charge is 0.481 e. The van der Waals surface area contributed by atoms with E-state index in [0.29, 0.717) is 0 Å². The highest BCUT2D eigenvalue weighted by Gasteiger charge is 2.45. The summed E-state index contributed by atoms with van der Waals surface area (Å²) in [5.74, 6) is -5.00. The average Bonchev–Trinajstić information content (AvgIpc) is 2.13. The third-order valence-electron chi connectivity index (χ3n) is 2.18. The van der Waals surface area contributed by atoms with Crippen LogP contribution in [0, 0.1) is 5.92 Å². The Morgan fingerprint density at radius 1 is 1.24 bits per heavy atom. The van der Waals surface area contributed by atoms with Crippen LogP contribution < -0.4 is 0 Å². The highest BCUT2D eigenvalue weighted by Crippen LogP contribution is 2.46. The molecule has 0 aliphatic heterocycles. The molecule has 0 bridgehead atoms. The highest BCUT2D eigenvalue weighted by atomic mass is 31.2. The van der Waals surface area contributed by atoms with Crippen molar-refractivity contribution in [3.05, 3.63) is 0 Å². The van der Waals surface area contributed by atoms with Crippen LogP contribution >= 0.6 is 7.60 Å². The van der Waals surface area contributed by atoms with E-state index in [1.807, 2.05) is 0 Å². The zero-order valence-electron chi connectivity index (χ0n) is 9.15. The third kappa shape index (κ3) is 5.27. The molecule has 2 atom stereocenters. The summed E-state index contributed by atoms with van der Waals surface area (Å²) in [5, 5.41) is 17.5. The third-order valence-corrected chi connectivity index (χ3v) is 3.48.